The predicted octanol–water partition coefficient (Wildman–Crippen LogP) is 4.18. The average molecular weight is 322 g/mol. The van der Waals surface area contributed by atoms with Crippen LogP contribution in [0.15, 0.2) is 18.3 Å². The fourth-order valence-corrected chi connectivity index (χ4v) is 2.18. The van der Waals surface area contributed by atoms with Gasteiger partial charge in [0.2, 0.25) is 5.88 Å². The molecule has 130 valence electrons. The summed E-state index contributed by atoms with van der Waals surface area (Å²) >= 11 is 0. The van der Waals surface area contributed by atoms with Crippen LogP contribution in [0.2, 0.25) is 0 Å². The minimum Gasteiger partial charge on any atom is -0.478 e. The van der Waals surface area contributed by atoms with E-state index in [1.54, 1.807) is 18.3 Å². The van der Waals surface area contributed by atoms with Crippen molar-refractivity contribution in [3.05, 3.63) is 18.3 Å². The highest BCUT2D eigenvalue weighted by atomic mass is 16.5. The van der Waals surface area contributed by atoms with Crippen molar-refractivity contribution in [3.63, 3.8) is 0 Å². The van der Waals surface area contributed by atoms with Crippen LogP contribution in [0.1, 0.15) is 59.8 Å². The number of carbonyl (C=O) groups excluding carboxylic acids is 1. The number of amides is 1. The van der Waals surface area contributed by atoms with E-state index >= 15 is 0 Å². The van der Waals surface area contributed by atoms with Gasteiger partial charge in [-0.3, -0.25) is 4.79 Å². The maximum atomic E-state index is 12.5. The molecule has 23 heavy (non-hydrogen) atoms. The van der Waals surface area contributed by atoms with Crippen molar-refractivity contribution >= 4 is 11.6 Å². The highest BCUT2D eigenvalue weighted by Gasteiger charge is 2.33. The summed E-state index contributed by atoms with van der Waals surface area (Å²) in [6, 6.07) is 3.58. The molecule has 5 nitrogen and oxygen atoms in total. The van der Waals surface area contributed by atoms with Crippen LogP contribution in [0.4, 0.5) is 5.69 Å². The number of rotatable bonds is 11. The zero-order chi connectivity index (χ0) is 17.1. The molecule has 1 heterocycles. The van der Waals surface area contributed by atoms with E-state index in [4.69, 9.17) is 9.47 Å². The molecular formula is C18H30N2O3. The summed E-state index contributed by atoms with van der Waals surface area (Å²) in [5.41, 5.74) is -0.151. The lowest BCUT2D eigenvalue weighted by molar-refractivity contribution is -0.140. The van der Waals surface area contributed by atoms with Crippen molar-refractivity contribution in [2.24, 2.45) is 0 Å². The van der Waals surface area contributed by atoms with E-state index in [2.05, 4.69) is 17.2 Å². The monoisotopic (exact) mass is 322 g/mol. The molecule has 1 N–H and O–H groups in total. The highest BCUT2D eigenvalue weighted by Crippen LogP contribution is 2.21. The fourth-order valence-electron chi connectivity index (χ4n) is 2.18. The summed E-state index contributed by atoms with van der Waals surface area (Å²) in [4.78, 5) is 16.7. The van der Waals surface area contributed by atoms with Crippen molar-refractivity contribution in [3.8, 4) is 5.88 Å². The van der Waals surface area contributed by atoms with Crippen molar-refractivity contribution in [2.45, 2.75) is 65.4 Å². The number of anilines is 1. The Bertz CT molecular complexity index is 462. The van der Waals surface area contributed by atoms with Crippen molar-refractivity contribution in [2.75, 3.05) is 18.5 Å². The lowest BCUT2D eigenvalue weighted by Gasteiger charge is -2.28. The van der Waals surface area contributed by atoms with Gasteiger partial charge in [0.25, 0.3) is 5.91 Å². The number of hydrogen-bond acceptors (Lipinski definition) is 4. The van der Waals surface area contributed by atoms with E-state index in [1.165, 1.54) is 0 Å². The zero-order valence-electron chi connectivity index (χ0n) is 14.9. The third-order valence-electron chi connectivity index (χ3n) is 3.57. The smallest absolute Gasteiger partial charge is 0.256 e. The molecule has 0 bridgehead atoms. The maximum absolute atomic E-state index is 12.5. The molecule has 0 spiro atoms. The normalized spacial score (nSPS) is 13.4. The Morgan fingerprint density at radius 3 is 2.52 bits per heavy atom. The van der Waals surface area contributed by atoms with Crippen LogP contribution in [-0.4, -0.2) is 29.7 Å². The molecule has 0 aromatic carbocycles. The number of ether oxygens (including phenoxy) is 2. The van der Waals surface area contributed by atoms with Crippen LogP contribution in [0.5, 0.6) is 5.88 Å². The van der Waals surface area contributed by atoms with Gasteiger partial charge in [0, 0.05) is 12.7 Å². The molecule has 1 atom stereocenters. The highest BCUT2D eigenvalue weighted by molar-refractivity contribution is 5.96. The lowest BCUT2D eigenvalue weighted by atomic mass is 9.99. The van der Waals surface area contributed by atoms with Gasteiger partial charge in [0.15, 0.2) is 0 Å². The molecular weight excluding hydrogens is 292 g/mol. The van der Waals surface area contributed by atoms with Crippen molar-refractivity contribution in [1.82, 2.24) is 4.98 Å². The Hall–Kier alpha value is -1.62. The Kier molecular flexibility index (Phi) is 8.62. The first-order valence-corrected chi connectivity index (χ1v) is 8.60. The van der Waals surface area contributed by atoms with Gasteiger partial charge < -0.3 is 14.8 Å². The number of pyridine rings is 1. The zero-order valence-corrected chi connectivity index (χ0v) is 14.9. The number of hydrogen-bond donors (Lipinski definition) is 1. The Labute approximate surface area is 139 Å². The van der Waals surface area contributed by atoms with Gasteiger partial charge in [-0.25, -0.2) is 4.98 Å². The van der Waals surface area contributed by atoms with E-state index in [-0.39, 0.29) is 5.91 Å². The largest absolute Gasteiger partial charge is 0.478 e. The first kappa shape index (κ1) is 19.4. The first-order chi connectivity index (χ1) is 11.1. The molecule has 1 rings (SSSR count). The molecule has 0 aliphatic carbocycles. The first-order valence-electron chi connectivity index (χ1n) is 8.60. The molecule has 0 aliphatic heterocycles. The quantitative estimate of drug-likeness (QED) is 0.621. The lowest BCUT2D eigenvalue weighted by Crippen LogP contribution is -2.43. The van der Waals surface area contributed by atoms with Crippen LogP contribution in [0.25, 0.3) is 0 Å². The second-order valence-corrected chi connectivity index (χ2v) is 5.87. The molecule has 5 heteroatoms. The number of unbranched alkanes of at least 4 members (excludes halogenated alkanes) is 1. The molecule has 1 aromatic heterocycles. The standard InChI is InChI=1S/C18H30N2O3/c1-5-8-13-22-16-10-9-15(14-19-16)20-17(21)18(4,11-6-2)23-12-7-3/h9-10,14H,5-8,11-13H2,1-4H3,(H,20,21)/t18-/m0/s1. The van der Waals surface area contributed by atoms with Gasteiger partial charge >= 0.3 is 0 Å². The van der Waals surface area contributed by atoms with E-state index in [0.717, 1.165) is 25.7 Å². The molecule has 1 amide bonds. The third kappa shape index (κ3) is 6.57. The number of nitrogens with zero attached hydrogens (tertiary/aromatic N) is 1. The molecule has 0 aliphatic rings. The Morgan fingerprint density at radius 1 is 1.17 bits per heavy atom. The SMILES string of the molecule is CCCCOc1ccc(NC(=O)[C@](C)(CCC)OCCC)cn1. The van der Waals surface area contributed by atoms with Gasteiger partial charge in [-0.15, -0.1) is 0 Å². The second kappa shape index (κ2) is 10.2. The molecule has 0 saturated heterocycles. The summed E-state index contributed by atoms with van der Waals surface area (Å²) in [5.74, 6) is 0.448. The molecule has 0 saturated carbocycles. The summed E-state index contributed by atoms with van der Waals surface area (Å²) in [6.07, 6.45) is 6.16. The number of nitrogens with one attached hydrogen (secondary N) is 1. The van der Waals surface area contributed by atoms with Crippen LogP contribution in [0, 0.1) is 0 Å². The van der Waals surface area contributed by atoms with Crippen LogP contribution >= 0.6 is 0 Å². The third-order valence-corrected chi connectivity index (χ3v) is 3.57. The van der Waals surface area contributed by atoms with Crippen molar-refractivity contribution in [1.29, 1.82) is 0 Å². The van der Waals surface area contributed by atoms with Crippen LogP contribution < -0.4 is 10.1 Å². The molecule has 0 radical (unpaired) electrons. The van der Waals surface area contributed by atoms with E-state index in [0.29, 0.717) is 31.2 Å². The topological polar surface area (TPSA) is 60.5 Å². The molecule has 0 fully saturated rings. The predicted molar refractivity (Wildman–Crippen MR) is 92.8 cm³/mol. The van der Waals surface area contributed by atoms with E-state index < -0.39 is 5.60 Å². The molecule has 1 aromatic rings. The van der Waals surface area contributed by atoms with Crippen LogP contribution in [-0.2, 0) is 9.53 Å². The minimum atomic E-state index is -0.805. The molecule has 0 unspecified atom stereocenters. The van der Waals surface area contributed by atoms with Gasteiger partial charge in [-0.05, 0) is 32.3 Å². The fraction of sp³-hybridized carbons (Fsp3) is 0.667. The summed E-state index contributed by atoms with van der Waals surface area (Å²) < 4.78 is 11.3. The maximum Gasteiger partial charge on any atom is 0.256 e. The van der Waals surface area contributed by atoms with Crippen molar-refractivity contribution < 1.29 is 14.3 Å². The Morgan fingerprint density at radius 2 is 1.96 bits per heavy atom. The summed E-state index contributed by atoms with van der Waals surface area (Å²) in [7, 11) is 0. The van der Waals surface area contributed by atoms with Gasteiger partial charge in [0.05, 0.1) is 18.5 Å². The number of aromatic nitrogens is 1. The summed E-state index contributed by atoms with van der Waals surface area (Å²) in [6.45, 7) is 9.28. The van der Waals surface area contributed by atoms with Gasteiger partial charge in [0.1, 0.15) is 5.60 Å². The number of carbonyl (C=O) groups is 1. The average Bonchev–Trinajstić information content (AvgIpc) is 2.55. The summed E-state index contributed by atoms with van der Waals surface area (Å²) in [5, 5.41) is 2.89. The van der Waals surface area contributed by atoms with E-state index in [9.17, 15) is 4.79 Å². The van der Waals surface area contributed by atoms with E-state index in [1.807, 2.05) is 20.8 Å². The van der Waals surface area contributed by atoms with Crippen LogP contribution in [0.3, 0.4) is 0 Å². The van der Waals surface area contributed by atoms with Gasteiger partial charge in [-0.1, -0.05) is 33.6 Å². The minimum absolute atomic E-state index is 0.130. The second-order valence-electron chi connectivity index (χ2n) is 5.87. The Balaban J connectivity index is 2.63. The van der Waals surface area contributed by atoms with Gasteiger partial charge in [-0.2, -0.15) is 0 Å².